The summed E-state index contributed by atoms with van der Waals surface area (Å²) in [5.41, 5.74) is 1.36. The van der Waals surface area contributed by atoms with Crippen molar-refractivity contribution in [2.45, 2.75) is 13.3 Å². The van der Waals surface area contributed by atoms with E-state index in [-0.39, 0.29) is 0 Å². The van der Waals surface area contributed by atoms with Crippen LogP contribution in [-0.2, 0) is 6.42 Å². The highest BCUT2D eigenvalue weighted by atomic mass is 16.5. The Morgan fingerprint density at radius 2 is 2.33 bits per heavy atom. The summed E-state index contributed by atoms with van der Waals surface area (Å²) in [5.74, 6) is 1.70. The van der Waals surface area contributed by atoms with Crippen LogP contribution in [0.5, 0.6) is 5.75 Å². The number of rotatable bonds is 4. The fourth-order valence-corrected chi connectivity index (χ4v) is 2.50. The average Bonchev–Trinajstić information content (AvgIpc) is 2.61. The molecule has 18 heavy (non-hydrogen) atoms. The average molecular weight is 248 g/mol. The molecular weight excluding hydrogens is 224 g/mol. The number of nitrogens with zero attached hydrogens (tertiary/aromatic N) is 1. The first-order chi connectivity index (χ1) is 8.78. The standard InChI is InChI=1S/C15H24N2O/c1-13-11-16-7-9-17(12-13)8-6-14-4-3-5-15(10-14)18-2/h3-5,10,13,16H,6-9,11-12H2,1-2H3. The van der Waals surface area contributed by atoms with E-state index in [1.807, 2.05) is 6.07 Å². The molecule has 0 spiro atoms. The van der Waals surface area contributed by atoms with E-state index in [1.165, 1.54) is 12.1 Å². The number of methoxy groups -OCH3 is 1. The second kappa shape index (κ2) is 6.76. The third-order valence-corrected chi connectivity index (χ3v) is 3.52. The van der Waals surface area contributed by atoms with Crippen LogP contribution >= 0.6 is 0 Å². The van der Waals surface area contributed by atoms with Gasteiger partial charge in [0.1, 0.15) is 5.75 Å². The highest BCUT2D eigenvalue weighted by Crippen LogP contribution is 2.13. The quantitative estimate of drug-likeness (QED) is 0.879. The van der Waals surface area contributed by atoms with E-state index in [2.05, 4.69) is 35.3 Å². The highest BCUT2D eigenvalue weighted by Gasteiger charge is 2.13. The van der Waals surface area contributed by atoms with Gasteiger partial charge in [-0.15, -0.1) is 0 Å². The van der Waals surface area contributed by atoms with Gasteiger partial charge in [0, 0.05) is 26.2 Å². The lowest BCUT2D eigenvalue weighted by Crippen LogP contribution is -2.31. The lowest BCUT2D eigenvalue weighted by atomic mass is 10.1. The van der Waals surface area contributed by atoms with Crippen LogP contribution < -0.4 is 10.1 Å². The largest absolute Gasteiger partial charge is 0.497 e. The molecule has 1 unspecified atom stereocenters. The lowest BCUT2D eigenvalue weighted by molar-refractivity contribution is 0.268. The SMILES string of the molecule is COc1cccc(CCN2CCNCC(C)C2)c1. The molecule has 0 saturated carbocycles. The maximum absolute atomic E-state index is 5.26. The Morgan fingerprint density at radius 3 is 3.17 bits per heavy atom. The van der Waals surface area contributed by atoms with Crippen LogP contribution in [0, 0.1) is 5.92 Å². The summed E-state index contributed by atoms with van der Waals surface area (Å²) < 4.78 is 5.26. The molecule has 1 aliphatic rings. The predicted molar refractivity (Wildman–Crippen MR) is 75.2 cm³/mol. The topological polar surface area (TPSA) is 24.5 Å². The van der Waals surface area contributed by atoms with Gasteiger partial charge in [-0.05, 0) is 36.6 Å². The first-order valence-electron chi connectivity index (χ1n) is 6.84. The summed E-state index contributed by atoms with van der Waals surface area (Å²) in [4.78, 5) is 2.56. The minimum atomic E-state index is 0.748. The molecule has 0 aliphatic carbocycles. The number of ether oxygens (including phenoxy) is 1. The number of hydrogen-bond acceptors (Lipinski definition) is 3. The molecular formula is C15H24N2O. The summed E-state index contributed by atoms with van der Waals surface area (Å²) in [6.07, 6.45) is 1.10. The summed E-state index contributed by atoms with van der Waals surface area (Å²) in [6.45, 7) is 8.08. The van der Waals surface area contributed by atoms with Gasteiger partial charge in [-0.25, -0.2) is 0 Å². The minimum absolute atomic E-state index is 0.748. The van der Waals surface area contributed by atoms with Crippen molar-refractivity contribution in [3.05, 3.63) is 29.8 Å². The van der Waals surface area contributed by atoms with Gasteiger partial charge in [-0.3, -0.25) is 0 Å². The zero-order valence-electron chi connectivity index (χ0n) is 11.5. The minimum Gasteiger partial charge on any atom is -0.497 e. The van der Waals surface area contributed by atoms with Gasteiger partial charge < -0.3 is 15.0 Å². The van der Waals surface area contributed by atoms with E-state index in [0.717, 1.165) is 44.3 Å². The van der Waals surface area contributed by atoms with E-state index in [0.29, 0.717) is 0 Å². The first kappa shape index (κ1) is 13.4. The molecule has 1 aromatic carbocycles. The van der Waals surface area contributed by atoms with Crippen LogP contribution in [0.15, 0.2) is 24.3 Å². The first-order valence-corrected chi connectivity index (χ1v) is 6.84. The van der Waals surface area contributed by atoms with Crippen LogP contribution in [-0.4, -0.2) is 44.7 Å². The van der Waals surface area contributed by atoms with Gasteiger partial charge in [0.05, 0.1) is 7.11 Å². The molecule has 1 heterocycles. The molecule has 0 bridgehead atoms. The molecule has 2 rings (SSSR count). The van der Waals surface area contributed by atoms with E-state index >= 15 is 0 Å². The van der Waals surface area contributed by atoms with Crippen molar-refractivity contribution in [3.8, 4) is 5.75 Å². The van der Waals surface area contributed by atoms with Gasteiger partial charge in [0.25, 0.3) is 0 Å². The lowest BCUT2D eigenvalue weighted by Gasteiger charge is -2.21. The number of benzene rings is 1. The van der Waals surface area contributed by atoms with Crippen LogP contribution in [0.3, 0.4) is 0 Å². The Morgan fingerprint density at radius 1 is 1.44 bits per heavy atom. The molecule has 0 amide bonds. The molecule has 1 aromatic rings. The zero-order valence-corrected chi connectivity index (χ0v) is 11.5. The molecule has 1 saturated heterocycles. The summed E-state index contributed by atoms with van der Waals surface area (Å²) in [7, 11) is 1.72. The maximum Gasteiger partial charge on any atom is 0.119 e. The normalized spacial score (nSPS) is 21.6. The summed E-state index contributed by atoms with van der Waals surface area (Å²) >= 11 is 0. The van der Waals surface area contributed by atoms with Gasteiger partial charge in [0.2, 0.25) is 0 Å². The van der Waals surface area contributed by atoms with E-state index in [9.17, 15) is 0 Å². The highest BCUT2D eigenvalue weighted by molar-refractivity contribution is 5.28. The predicted octanol–water partition coefficient (Wildman–Crippen LogP) is 1.78. The molecule has 0 aromatic heterocycles. The van der Waals surface area contributed by atoms with E-state index < -0.39 is 0 Å². The van der Waals surface area contributed by atoms with E-state index in [1.54, 1.807) is 7.11 Å². The third kappa shape index (κ3) is 4.00. The Labute approximate surface area is 110 Å². The fraction of sp³-hybridized carbons (Fsp3) is 0.600. The molecule has 1 N–H and O–H groups in total. The fourth-order valence-electron chi connectivity index (χ4n) is 2.50. The molecule has 1 aliphatic heterocycles. The van der Waals surface area contributed by atoms with E-state index in [4.69, 9.17) is 4.74 Å². The number of nitrogens with one attached hydrogen (secondary N) is 1. The zero-order chi connectivity index (χ0) is 12.8. The molecule has 1 atom stereocenters. The van der Waals surface area contributed by atoms with Gasteiger partial charge >= 0.3 is 0 Å². The molecule has 3 nitrogen and oxygen atoms in total. The molecule has 1 fully saturated rings. The van der Waals surface area contributed by atoms with Crippen molar-refractivity contribution in [1.29, 1.82) is 0 Å². The van der Waals surface area contributed by atoms with Crippen LogP contribution in [0.1, 0.15) is 12.5 Å². The summed E-state index contributed by atoms with van der Waals surface area (Å²) in [5, 5.41) is 3.48. The second-order valence-electron chi connectivity index (χ2n) is 5.21. The van der Waals surface area contributed by atoms with Crippen molar-refractivity contribution in [3.63, 3.8) is 0 Å². The van der Waals surface area contributed by atoms with Gasteiger partial charge in [0.15, 0.2) is 0 Å². The molecule has 100 valence electrons. The van der Waals surface area contributed by atoms with Gasteiger partial charge in [-0.1, -0.05) is 19.1 Å². The Kier molecular flexibility index (Phi) is 5.02. The molecule has 0 radical (unpaired) electrons. The van der Waals surface area contributed by atoms with Crippen molar-refractivity contribution in [2.24, 2.45) is 5.92 Å². The van der Waals surface area contributed by atoms with Crippen LogP contribution in [0.4, 0.5) is 0 Å². The Hall–Kier alpha value is -1.06. The van der Waals surface area contributed by atoms with Crippen molar-refractivity contribution in [2.75, 3.05) is 39.8 Å². The van der Waals surface area contributed by atoms with Crippen molar-refractivity contribution in [1.82, 2.24) is 10.2 Å². The smallest absolute Gasteiger partial charge is 0.119 e. The van der Waals surface area contributed by atoms with Crippen molar-refractivity contribution >= 4 is 0 Å². The Bertz CT molecular complexity index is 367. The van der Waals surface area contributed by atoms with Crippen LogP contribution in [0.25, 0.3) is 0 Å². The molecule has 3 heteroatoms. The Balaban J connectivity index is 1.85. The van der Waals surface area contributed by atoms with Gasteiger partial charge in [-0.2, -0.15) is 0 Å². The second-order valence-corrected chi connectivity index (χ2v) is 5.21. The summed E-state index contributed by atoms with van der Waals surface area (Å²) in [6, 6.07) is 8.39. The third-order valence-electron chi connectivity index (χ3n) is 3.52. The van der Waals surface area contributed by atoms with Crippen molar-refractivity contribution < 1.29 is 4.74 Å². The maximum atomic E-state index is 5.26. The number of hydrogen-bond donors (Lipinski definition) is 1. The van der Waals surface area contributed by atoms with Crippen LogP contribution in [0.2, 0.25) is 0 Å². The monoisotopic (exact) mass is 248 g/mol.